The lowest BCUT2D eigenvalue weighted by Crippen LogP contribution is -2.44. The Labute approximate surface area is 116 Å². The summed E-state index contributed by atoms with van der Waals surface area (Å²) in [6.45, 7) is 8.55. The van der Waals surface area contributed by atoms with Crippen molar-refractivity contribution in [2.75, 3.05) is 37.7 Å². The van der Waals surface area contributed by atoms with Gasteiger partial charge in [0.05, 0.1) is 12.7 Å². The molecular formula is C11H20N4OS2. The number of hydrogen-bond donors (Lipinski definition) is 1. The van der Waals surface area contributed by atoms with E-state index >= 15 is 0 Å². The zero-order chi connectivity index (χ0) is 13.0. The van der Waals surface area contributed by atoms with Crippen LogP contribution >= 0.6 is 23.1 Å². The van der Waals surface area contributed by atoms with Crippen LogP contribution < -0.4 is 5.73 Å². The molecule has 0 amide bonds. The molecule has 1 fully saturated rings. The molecule has 2 heterocycles. The van der Waals surface area contributed by atoms with Crippen LogP contribution in [0, 0.1) is 5.92 Å². The third-order valence-electron chi connectivity index (χ3n) is 2.66. The van der Waals surface area contributed by atoms with E-state index in [4.69, 9.17) is 10.5 Å². The Morgan fingerprint density at radius 1 is 1.56 bits per heavy atom. The molecule has 18 heavy (non-hydrogen) atoms. The SMILES string of the molecule is CC(C)CN1CCOC(CSc2nnc(N)s2)C1. The molecule has 1 saturated heterocycles. The number of thioether (sulfide) groups is 1. The van der Waals surface area contributed by atoms with Crippen LogP contribution in [-0.2, 0) is 4.74 Å². The van der Waals surface area contributed by atoms with Gasteiger partial charge in [-0.2, -0.15) is 0 Å². The highest BCUT2D eigenvalue weighted by Crippen LogP contribution is 2.25. The molecule has 1 aromatic heterocycles. The van der Waals surface area contributed by atoms with Gasteiger partial charge in [0, 0.05) is 25.4 Å². The number of rotatable bonds is 5. The van der Waals surface area contributed by atoms with Crippen molar-refractivity contribution < 1.29 is 4.74 Å². The molecule has 1 unspecified atom stereocenters. The van der Waals surface area contributed by atoms with Crippen molar-refractivity contribution in [1.82, 2.24) is 15.1 Å². The van der Waals surface area contributed by atoms with E-state index in [1.807, 2.05) is 0 Å². The number of morpholine rings is 1. The van der Waals surface area contributed by atoms with E-state index in [-0.39, 0.29) is 6.10 Å². The normalized spacial score (nSPS) is 21.6. The van der Waals surface area contributed by atoms with Crippen molar-refractivity contribution in [3.8, 4) is 0 Å². The molecule has 0 radical (unpaired) electrons. The van der Waals surface area contributed by atoms with Crippen molar-refractivity contribution >= 4 is 28.2 Å². The third kappa shape index (κ3) is 4.38. The fraction of sp³-hybridized carbons (Fsp3) is 0.818. The van der Waals surface area contributed by atoms with Gasteiger partial charge in [0.2, 0.25) is 5.13 Å². The molecule has 7 heteroatoms. The number of aromatic nitrogens is 2. The second kappa shape index (κ2) is 6.70. The van der Waals surface area contributed by atoms with Crippen LogP contribution in [0.25, 0.3) is 0 Å². The quantitative estimate of drug-likeness (QED) is 0.830. The van der Waals surface area contributed by atoms with Crippen LogP contribution in [0.15, 0.2) is 4.34 Å². The van der Waals surface area contributed by atoms with Gasteiger partial charge < -0.3 is 10.5 Å². The van der Waals surface area contributed by atoms with Crippen molar-refractivity contribution in [3.05, 3.63) is 0 Å². The molecule has 1 aromatic rings. The first-order chi connectivity index (χ1) is 8.63. The minimum absolute atomic E-state index is 0.285. The van der Waals surface area contributed by atoms with Gasteiger partial charge in [-0.25, -0.2) is 0 Å². The molecule has 102 valence electrons. The fourth-order valence-electron chi connectivity index (χ4n) is 2.01. The number of nitrogens with zero attached hydrogens (tertiary/aromatic N) is 3. The smallest absolute Gasteiger partial charge is 0.203 e. The lowest BCUT2D eigenvalue weighted by atomic mass is 10.2. The number of anilines is 1. The lowest BCUT2D eigenvalue weighted by Gasteiger charge is -2.33. The molecular weight excluding hydrogens is 268 g/mol. The van der Waals surface area contributed by atoms with E-state index in [0.29, 0.717) is 11.0 Å². The highest BCUT2D eigenvalue weighted by molar-refractivity contribution is 8.01. The molecule has 2 N–H and O–H groups in total. The maximum atomic E-state index is 5.78. The van der Waals surface area contributed by atoms with Gasteiger partial charge in [0.15, 0.2) is 4.34 Å². The maximum Gasteiger partial charge on any atom is 0.203 e. The third-order valence-corrected chi connectivity index (χ3v) is 4.68. The standard InChI is InChI=1S/C11H20N4OS2/c1-8(2)5-15-3-4-16-9(6-15)7-17-11-14-13-10(12)18-11/h8-9H,3-7H2,1-2H3,(H2,12,13). The first-order valence-electron chi connectivity index (χ1n) is 6.19. The van der Waals surface area contributed by atoms with E-state index in [1.54, 1.807) is 11.8 Å². The average molecular weight is 288 g/mol. The van der Waals surface area contributed by atoms with Gasteiger partial charge in [0.25, 0.3) is 0 Å². The molecule has 1 aliphatic heterocycles. The fourth-order valence-corrected chi connectivity index (χ4v) is 3.67. The van der Waals surface area contributed by atoms with Gasteiger partial charge in [-0.05, 0) is 5.92 Å². The number of nitrogen functional groups attached to an aromatic ring is 1. The van der Waals surface area contributed by atoms with Crippen LogP contribution in [0.2, 0.25) is 0 Å². The average Bonchev–Trinajstić information content (AvgIpc) is 2.72. The minimum Gasteiger partial charge on any atom is -0.375 e. The van der Waals surface area contributed by atoms with Crippen LogP contribution in [0.4, 0.5) is 5.13 Å². The van der Waals surface area contributed by atoms with Gasteiger partial charge in [-0.1, -0.05) is 36.9 Å². The monoisotopic (exact) mass is 288 g/mol. The largest absolute Gasteiger partial charge is 0.375 e. The highest BCUT2D eigenvalue weighted by Gasteiger charge is 2.21. The predicted octanol–water partition coefficient (Wildman–Crippen LogP) is 1.57. The first-order valence-corrected chi connectivity index (χ1v) is 7.99. The highest BCUT2D eigenvalue weighted by atomic mass is 32.2. The zero-order valence-corrected chi connectivity index (χ0v) is 12.5. The molecule has 0 spiro atoms. The molecule has 0 aliphatic carbocycles. The Morgan fingerprint density at radius 2 is 2.39 bits per heavy atom. The zero-order valence-electron chi connectivity index (χ0n) is 10.8. The summed E-state index contributed by atoms with van der Waals surface area (Å²) in [7, 11) is 0. The lowest BCUT2D eigenvalue weighted by molar-refractivity contribution is -0.0191. The minimum atomic E-state index is 0.285. The first kappa shape index (κ1) is 14.0. The van der Waals surface area contributed by atoms with Crippen molar-refractivity contribution in [2.24, 2.45) is 5.92 Å². The Morgan fingerprint density at radius 3 is 3.06 bits per heavy atom. The number of hydrogen-bond acceptors (Lipinski definition) is 7. The summed E-state index contributed by atoms with van der Waals surface area (Å²) < 4.78 is 6.71. The Hall–Kier alpha value is -0.370. The van der Waals surface area contributed by atoms with Gasteiger partial charge in [0.1, 0.15) is 0 Å². The summed E-state index contributed by atoms with van der Waals surface area (Å²) in [4.78, 5) is 2.48. The number of nitrogens with two attached hydrogens (primary N) is 1. The molecule has 0 saturated carbocycles. The van der Waals surface area contributed by atoms with E-state index < -0.39 is 0 Å². The van der Waals surface area contributed by atoms with E-state index in [1.165, 1.54) is 11.3 Å². The molecule has 0 aromatic carbocycles. The van der Waals surface area contributed by atoms with Crippen LogP contribution in [-0.4, -0.2) is 53.2 Å². The van der Waals surface area contributed by atoms with Crippen LogP contribution in [0.1, 0.15) is 13.8 Å². The summed E-state index contributed by atoms with van der Waals surface area (Å²) in [5.41, 5.74) is 5.56. The van der Waals surface area contributed by atoms with Crippen LogP contribution in [0.3, 0.4) is 0 Å². The van der Waals surface area contributed by atoms with E-state index in [2.05, 4.69) is 28.9 Å². The van der Waals surface area contributed by atoms with Crippen molar-refractivity contribution in [1.29, 1.82) is 0 Å². The van der Waals surface area contributed by atoms with E-state index in [0.717, 1.165) is 36.3 Å². The molecule has 1 atom stereocenters. The Kier molecular flexibility index (Phi) is 5.23. The number of ether oxygens (including phenoxy) is 1. The molecule has 2 rings (SSSR count). The van der Waals surface area contributed by atoms with Crippen LogP contribution in [0.5, 0.6) is 0 Å². The molecule has 5 nitrogen and oxygen atoms in total. The van der Waals surface area contributed by atoms with Crippen molar-refractivity contribution in [3.63, 3.8) is 0 Å². The summed E-state index contributed by atoms with van der Waals surface area (Å²) >= 11 is 3.12. The predicted molar refractivity (Wildman–Crippen MR) is 76.1 cm³/mol. The molecule has 1 aliphatic rings. The van der Waals surface area contributed by atoms with Gasteiger partial charge in [-0.3, -0.25) is 4.90 Å². The van der Waals surface area contributed by atoms with Gasteiger partial charge in [-0.15, -0.1) is 10.2 Å². The summed E-state index contributed by atoms with van der Waals surface area (Å²) in [5, 5.41) is 8.34. The summed E-state index contributed by atoms with van der Waals surface area (Å²) in [6, 6.07) is 0. The topological polar surface area (TPSA) is 64.3 Å². The molecule has 0 bridgehead atoms. The Bertz CT molecular complexity index is 372. The Balaban J connectivity index is 1.75. The van der Waals surface area contributed by atoms with E-state index in [9.17, 15) is 0 Å². The van der Waals surface area contributed by atoms with Crippen molar-refractivity contribution in [2.45, 2.75) is 24.3 Å². The summed E-state index contributed by atoms with van der Waals surface area (Å²) in [6.07, 6.45) is 0.285. The second-order valence-corrected chi connectivity index (χ2v) is 7.14. The maximum absolute atomic E-state index is 5.78. The van der Waals surface area contributed by atoms with Gasteiger partial charge >= 0.3 is 0 Å². The second-order valence-electron chi connectivity index (χ2n) is 4.86. The summed E-state index contributed by atoms with van der Waals surface area (Å²) in [5.74, 6) is 1.63.